The summed E-state index contributed by atoms with van der Waals surface area (Å²) in [6.07, 6.45) is -29.4. The summed E-state index contributed by atoms with van der Waals surface area (Å²) >= 11 is 0. The lowest BCUT2D eigenvalue weighted by atomic mass is 9.44. The minimum Gasteiger partial charge on any atom is -0.507 e. The molecular formula is C36H36F12O15S2. The van der Waals surface area contributed by atoms with Crippen LogP contribution < -0.4 is 4.74 Å². The maximum Gasteiger partial charge on any atom is 0.437 e. The summed E-state index contributed by atoms with van der Waals surface area (Å²) in [5.41, 5.74) is -15.4. The van der Waals surface area contributed by atoms with Crippen molar-refractivity contribution >= 4 is 32.2 Å². The molecule has 0 heterocycles. The molecule has 65 heavy (non-hydrogen) atoms. The van der Waals surface area contributed by atoms with Gasteiger partial charge in [0.25, 0.3) is 25.8 Å². The van der Waals surface area contributed by atoms with Crippen LogP contribution in [0.5, 0.6) is 17.2 Å². The highest BCUT2D eigenvalue weighted by Gasteiger charge is 2.74. The predicted octanol–water partition coefficient (Wildman–Crippen LogP) is 6.97. The Morgan fingerprint density at radius 1 is 0.708 bits per heavy atom. The van der Waals surface area contributed by atoms with E-state index in [1.54, 1.807) is 0 Å². The predicted molar refractivity (Wildman–Crippen MR) is 188 cm³/mol. The second kappa shape index (κ2) is 17.1. The van der Waals surface area contributed by atoms with Crippen LogP contribution in [0.3, 0.4) is 0 Å². The highest BCUT2D eigenvalue weighted by molar-refractivity contribution is 7.86. The summed E-state index contributed by atoms with van der Waals surface area (Å²) in [6, 6.07) is 2.11. The van der Waals surface area contributed by atoms with Crippen LogP contribution in [-0.4, -0.2) is 109 Å². The highest BCUT2D eigenvalue weighted by Crippen LogP contribution is 2.66. The number of phenolic OH excluding ortho intramolecular Hbond substituents is 2. The van der Waals surface area contributed by atoms with Gasteiger partial charge in [-0.2, -0.15) is 69.5 Å². The number of phenols is 2. The van der Waals surface area contributed by atoms with E-state index in [1.807, 2.05) is 0 Å². The lowest BCUT2D eigenvalue weighted by Crippen LogP contribution is -2.62. The quantitative estimate of drug-likeness (QED) is 0.0494. The number of alkyl halides is 12. The number of halogens is 12. The van der Waals surface area contributed by atoms with Gasteiger partial charge in [-0.15, -0.1) is 0 Å². The van der Waals surface area contributed by atoms with Crippen molar-refractivity contribution in [3.05, 3.63) is 41.5 Å². The number of hydrogen-bond acceptors (Lipinski definition) is 13. The third-order valence-corrected chi connectivity index (χ3v) is 13.4. The van der Waals surface area contributed by atoms with Crippen molar-refractivity contribution in [2.24, 2.45) is 22.7 Å². The Labute approximate surface area is 359 Å². The molecule has 2 unspecified atom stereocenters. The summed E-state index contributed by atoms with van der Waals surface area (Å²) in [5.74, 6) is -7.67. The van der Waals surface area contributed by atoms with Crippen molar-refractivity contribution in [3.63, 3.8) is 0 Å². The van der Waals surface area contributed by atoms with Crippen LogP contribution in [0.25, 0.3) is 0 Å². The van der Waals surface area contributed by atoms with E-state index in [1.165, 1.54) is 0 Å². The van der Waals surface area contributed by atoms with Gasteiger partial charge in [-0.05, 0) is 74.6 Å². The van der Waals surface area contributed by atoms with Crippen LogP contribution in [-0.2, 0) is 45.8 Å². The van der Waals surface area contributed by atoms with E-state index in [9.17, 15) is 104 Å². The van der Waals surface area contributed by atoms with Gasteiger partial charge in [-0.3, -0.25) is 13.9 Å². The lowest BCUT2D eigenvalue weighted by Gasteiger charge is -2.60. The first-order valence-corrected chi connectivity index (χ1v) is 21.5. The molecule has 0 aromatic heterocycles. The molecule has 366 valence electrons. The van der Waals surface area contributed by atoms with Crippen LogP contribution in [0, 0.1) is 22.7 Å². The fourth-order valence-corrected chi connectivity index (χ4v) is 10.1. The van der Waals surface area contributed by atoms with Gasteiger partial charge in [0.15, 0.2) is 11.5 Å². The summed E-state index contributed by atoms with van der Waals surface area (Å²) in [6.45, 7) is -5.47. The number of carbonyl (C=O) groups excluding carboxylic acids is 2. The minimum absolute atomic E-state index is 0.0439. The molecule has 15 nitrogen and oxygen atoms in total. The number of rotatable bonds is 16. The minimum atomic E-state index is -6.57. The molecule has 4 aliphatic carbocycles. The maximum atomic E-state index is 14.7. The molecule has 29 heteroatoms. The summed E-state index contributed by atoms with van der Waals surface area (Å²) in [7, 11) is -10.5. The molecule has 4 aliphatic rings. The Bertz CT molecular complexity index is 2340. The van der Waals surface area contributed by atoms with Gasteiger partial charge < -0.3 is 34.3 Å². The SMILES string of the molecule is O=C(OCC12CC3CC(C1)CC(C(=O)OCCC(Oc1cc(S(=O)(=O)O)cc(COCCC(O)(C(F)(F)F)C(F)(F)F)c1O)(C(F)(F)F)C(F)(F)F)(C3)C2)c1cc(S(=O)(=O)O)ccc1O. The zero-order valence-corrected chi connectivity index (χ0v) is 34.3. The van der Waals surface area contributed by atoms with E-state index in [0.29, 0.717) is 25.3 Å². The zero-order valence-electron chi connectivity index (χ0n) is 32.7. The molecule has 0 spiro atoms. The van der Waals surface area contributed by atoms with Crippen LogP contribution in [0.2, 0.25) is 0 Å². The summed E-state index contributed by atoms with van der Waals surface area (Å²) in [5, 5.41) is 30.0. The van der Waals surface area contributed by atoms with Gasteiger partial charge in [0.1, 0.15) is 11.3 Å². The Kier molecular flexibility index (Phi) is 13.6. The molecule has 0 radical (unpaired) electrons. The number of aliphatic hydroxyl groups is 1. The number of carbonyl (C=O) groups is 2. The second-order valence-corrected chi connectivity index (χ2v) is 19.2. The maximum absolute atomic E-state index is 14.7. The van der Waals surface area contributed by atoms with E-state index >= 15 is 0 Å². The Morgan fingerprint density at radius 3 is 1.77 bits per heavy atom. The fraction of sp³-hybridized carbons (Fsp3) is 0.611. The third kappa shape index (κ3) is 10.3. The van der Waals surface area contributed by atoms with E-state index in [-0.39, 0.29) is 43.2 Å². The molecule has 0 aliphatic heterocycles. The molecular weight excluding hydrogens is 964 g/mol. The van der Waals surface area contributed by atoms with Gasteiger partial charge in [0, 0.05) is 29.9 Å². The standard InChI is InChI=1S/C36H36F12O15S2/c37-33(38,39)31(53,34(40,41)42)3-5-60-15-20-8-22(65(57,58)59)10-25(26(20)50)63-32(35(43,44)45,36(46,47)48)4-6-61-28(52)30-13-18-7-19(14-30)12-29(11-18,16-30)17-62-27(51)23-9-21(64(54,55)56)1-2-24(23)49/h1-2,8-10,18-19,49-50,53H,3-7,11-17H2,(H,54,55,56)(H,57,58,59). The van der Waals surface area contributed by atoms with Crippen LogP contribution in [0.4, 0.5) is 52.7 Å². The Balaban J connectivity index is 1.36. The largest absolute Gasteiger partial charge is 0.507 e. The van der Waals surface area contributed by atoms with Crippen molar-refractivity contribution in [2.75, 3.05) is 19.8 Å². The smallest absolute Gasteiger partial charge is 0.437 e. The van der Waals surface area contributed by atoms with Crippen molar-refractivity contribution in [1.82, 2.24) is 0 Å². The molecule has 6 rings (SSSR count). The first-order chi connectivity index (χ1) is 29.4. The van der Waals surface area contributed by atoms with Gasteiger partial charge in [0.05, 0.1) is 41.6 Å². The average Bonchev–Trinajstić information content (AvgIpc) is 3.13. The van der Waals surface area contributed by atoms with E-state index in [4.69, 9.17) is 9.47 Å². The number of ether oxygens (including phenoxy) is 4. The number of aromatic hydroxyl groups is 2. The summed E-state index contributed by atoms with van der Waals surface area (Å²) < 4.78 is 251. The first kappa shape index (κ1) is 51.7. The Hall–Kier alpha value is -4.32. The molecule has 0 saturated heterocycles. The molecule has 5 N–H and O–H groups in total. The molecule has 0 amide bonds. The topological polar surface area (TPSA) is 240 Å². The Morgan fingerprint density at radius 2 is 1.26 bits per heavy atom. The molecule has 4 bridgehead atoms. The van der Waals surface area contributed by atoms with E-state index in [0.717, 1.165) is 12.1 Å². The highest BCUT2D eigenvalue weighted by atomic mass is 32.2. The second-order valence-electron chi connectivity index (χ2n) is 16.3. The first-order valence-electron chi connectivity index (χ1n) is 18.6. The van der Waals surface area contributed by atoms with Crippen molar-refractivity contribution in [3.8, 4) is 17.2 Å². The molecule has 2 aromatic rings. The number of hydrogen-bond donors (Lipinski definition) is 5. The van der Waals surface area contributed by atoms with E-state index in [2.05, 4.69) is 9.47 Å². The zero-order chi connectivity index (χ0) is 49.2. The number of benzene rings is 2. The van der Waals surface area contributed by atoms with E-state index < -0.39 is 156 Å². The molecule has 4 saturated carbocycles. The molecule has 2 atom stereocenters. The van der Waals surface area contributed by atoms with Crippen molar-refractivity contribution in [1.29, 1.82) is 0 Å². The monoisotopic (exact) mass is 1000 g/mol. The fourth-order valence-electron chi connectivity index (χ4n) is 9.06. The van der Waals surface area contributed by atoms with Crippen molar-refractivity contribution in [2.45, 2.75) is 104 Å². The van der Waals surface area contributed by atoms with Gasteiger partial charge in [-0.1, -0.05) is 0 Å². The number of esters is 2. The third-order valence-electron chi connectivity index (χ3n) is 11.7. The molecule has 2 aromatic carbocycles. The summed E-state index contributed by atoms with van der Waals surface area (Å²) in [4.78, 5) is 24.3. The normalized spacial score (nSPS) is 23.1. The lowest BCUT2D eigenvalue weighted by molar-refractivity contribution is -0.371. The van der Waals surface area contributed by atoms with Crippen LogP contribution in [0.1, 0.15) is 67.3 Å². The van der Waals surface area contributed by atoms with Crippen molar-refractivity contribution < 1.29 is 122 Å². The van der Waals surface area contributed by atoms with Crippen LogP contribution >= 0.6 is 0 Å². The molecule has 4 fully saturated rings. The average molecular weight is 1000 g/mol. The van der Waals surface area contributed by atoms with Gasteiger partial charge >= 0.3 is 42.2 Å². The van der Waals surface area contributed by atoms with Gasteiger partial charge in [0.2, 0.25) is 0 Å². The van der Waals surface area contributed by atoms with Crippen LogP contribution in [0.15, 0.2) is 40.1 Å². The van der Waals surface area contributed by atoms with Gasteiger partial charge in [-0.25, -0.2) is 4.79 Å².